The summed E-state index contributed by atoms with van der Waals surface area (Å²) < 4.78 is 11.5. The minimum absolute atomic E-state index is 0.0979. The van der Waals surface area contributed by atoms with E-state index in [-0.39, 0.29) is 5.75 Å². The Balaban J connectivity index is 1.89. The normalized spacial score (nSPS) is 13.6. The van der Waals surface area contributed by atoms with E-state index >= 15 is 0 Å². The third kappa shape index (κ3) is 3.14. The molecule has 0 amide bonds. The molecule has 2 aromatic rings. The molecule has 0 unspecified atom stereocenters. The number of fused-ring (bicyclic) bond motifs is 1. The Hall–Kier alpha value is -1.72. The molecule has 6 heteroatoms. The van der Waals surface area contributed by atoms with Gasteiger partial charge in [-0.2, -0.15) is 0 Å². The maximum atomic E-state index is 9.95. The van der Waals surface area contributed by atoms with E-state index in [1.165, 1.54) is 0 Å². The fraction of sp³-hybridized carbons (Fsp3) is 0.133. The molecule has 0 radical (unpaired) electrons. The molecule has 2 aromatic carbocycles. The second kappa shape index (κ2) is 5.95. The van der Waals surface area contributed by atoms with Crippen LogP contribution in [-0.2, 0) is 0 Å². The Morgan fingerprint density at radius 2 is 1.90 bits per heavy atom. The molecule has 3 rings (SSSR count). The van der Waals surface area contributed by atoms with Crippen molar-refractivity contribution in [3.05, 3.63) is 45.4 Å². The van der Waals surface area contributed by atoms with E-state index in [0.717, 1.165) is 0 Å². The van der Waals surface area contributed by atoms with Gasteiger partial charge in [-0.05, 0) is 40.2 Å². The van der Waals surface area contributed by atoms with Gasteiger partial charge in [0.2, 0.25) is 0 Å². The van der Waals surface area contributed by atoms with E-state index < -0.39 is 0 Å². The monoisotopic (exact) mass is 367 g/mol. The summed E-state index contributed by atoms with van der Waals surface area (Å²) in [6.45, 7) is 1.09. The van der Waals surface area contributed by atoms with Crippen LogP contribution in [0, 0.1) is 0 Å². The van der Waals surface area contributed by atoms with Crippen molar-refractivity contribution in [3.8, 4) is 17.2 Å². The lowest BCUT2D eigenvalue weighted by molar-refractivity contribution is 0.171. The van der Waals surface area contributed by atoms with Gasteiger partial charge < -0.3 is 14.6 Å². The maximum absolute atomic E-state index is 9.95. The standard InChI is InChI=1S/C15H11BrClNO3/c16-12-6-10(17)5-9(15(12)19)8-18-11-1-2-13-14(7-11)21-4-3-20-13/h1-2,5-8,19H,3-4H2. The van der Waals surface area contributed by atoms with Crippen LogP contribution in [0.5, 0.6) is 17.2 Å². The predicted molar refractivity (Wildman–Crippen MR) is 85.5 cm³/mol. The molecule has 0 atom stereocenters. The van der Waals surface area contributed by atoms with Crippen molar-refractivity contribution < 1.29 is 14.6 Å². The van der Waals surface area contributed by atoms with Crippen molar-refractivity contribution in [1.82, 2.24) is 0 Å². The van der Waals surface area contributed by atoms with Crippen molar-refractivity contribution in [2.24, 2.45) is 4.99 Å². The van der Waals surface area contributed by atoms with Gasteiger partial charge in [0, 0.05) is 22.9 Å². The number of ether oxygens (including phenoxy) is 2. The molecule has 0 saturated heterocycles. The summed E-state index contributed by atoms with van der Waals surface area (Å²) in [7, 11) is 0. The molecule has 21 heavy (non-hydrogen) atoms. The van der Waals surface area contributed by atoms with Crippen molar-refractivity contribution >= 4 is 39.4 Å². The fourth-order valence-electron chi connectivity index (χ4n) is 1.94. The zero-order valence-electron chi connectivity index (χ0n) is 10.8. The van der Waals surface area contributed by atoms with Crippen LogP contribution >= 0.6 is 27.5 Å². The van der Waals surface area contributed by atoms with Crippen LogP contribution in [0.15, 0.2) is 39.8 Å². The highest BCUT2D eigenvalue weighted by molar-refractivity contribution is 9.10. The lowest BCUT2D eigenvalue weighted by Crippen LogP contribution is -2.14. The summed E-state index contributed by atoms with van der Waals surface area (Å²) in [6.07, 6.45) is 1.55. The lowest BCUT2D eigenvalue weighted by atomic mass is 10.2. The molecule has 1 N–H and O–H groups in total. The minimum Gasteiger partial charge on any atom is -0.506 e. The largest absolute Gasteiger partial charge is 0.506 e. The zero-order chi connectivity index (χ0) is 14.8. The third-order valence-corrected chi connectivity index (χ3v) is 3.76. The summed E-state index contributed by atoms with van der Waals surface area (Å²) in [6, 6.07) is 8.69. The first-order valence-corrected chi connectivity index (χ1v) is 7.42. The average molecular weight is 369 g/mol. The lowest BCUT2D eigenvalue weighted by Gasteiger charge is -2.18. The number of rotatable bonds is 2. The molecule has 0 saturated carbocycles. The topological polar surface area (TPSA) is 51.1 Å². The Kier molecular flexibility index (Phi) is 4.03. The Morgan fingerprint density at radius 1 is 1.14 bits per heavy atom. The number of hydrogen-bond acceptors (Lipinski definition) is 4. The van der Waals surface area contributed by atoms with Crippen molar-refractivity contribution in [2.45, 2.75) is 0 Å². The Bertz CT molecular complexity index is 718. The van der Waals surface area contributed by atoms with E-state index in [9.17, 15) is 5.11 Å². The van der Waals surface area contributed by atoms with Crippen LogP contribution in [0.4, 0.5) is 5.69 Å². The molecule has 0 bridgehead atoms. The highest BCUT2D eigenvalue weighted by Crippen LogP contribution is 2.34. The molecule has 1 heterocycles. The molecule has 4 nitrogen and oxygen atoms in total. The van der Waals surface area contributed by atoms with Crippen molar-refractivity contribution in [2.75, 3.05) is 13.2 Å². The van der Waals surface area contributed by atoms with Gasteiger partial charge >= 0.3 is 0 Å². The van der Waals surface area contributed by atoms with Crippen LogP contribution < -0.4 is 9.47 Å². The minimum atomic E-state index is 0.0979. The highest BCUT2D eigenvalue weighted by atomic mass is 79.9. The second-order valence-corrected chi connectivity index (χ2v) is 5.70. The van der Waals surface area contributed by atoms with Crippen LogP contribution in [-0.4, -0.2) is 24.5 Å². The van der Waals surface area contributed by atoms with Gasteiger partial charge in [0.1, 0.15) is 19.0 Å². The van der Waals surface area contributed by atoms with Gasteiger partial charge in [0.25, 0.3) is 0 Å². The van der Waals surface area contributed by atoms with Gasteiger partial charge in [-0.15, -0.1) is 0 Å². The number of phenols is 1. The van der Waals surface area contributed by atoms with Crippen LogP contribution in [0.25, 0.3) is 0 Å². The van der Waals surface area contributed by atoms with E-state index in [1.807, 2.05) is 12.1 Å². The number of halogens is 2. The SMILES string of the molecule is Oc1c(Br)cc(Cl)cc1C=Nc1ccc2c(c1)OCCO2. The van der Waals surface area contributed by atoms with Gasteiger partial charge in [0.15, 0.2) is 11.5 Å². The van der Waals surface area contributed by atoms with Crippen LogP contribution in [0.1, 0.15) is 5.56 Å². The molecule has 108 valence electrons. The first kappa shape index (κ1) is 14.2. The average Bonchev–Trinajstić information content (AvgIpc) is 2.49. The number of aliphatic imine (C=N–C) groups is 1. The Morgan fingerprint density at radius 3 is 2.71 bits per heavy atom. The Labute approximate surface area is 135 Å². The third-order valence-electron chi connectivity index (χ3n) is 2.94. The quantitative estimate of drug-likeness (QED) is 0.803. The summed E-state index contributed by atoms with van der Waals surface area (Å²) >= 11 is 9.20. The number of hydrogen-bond donors (Lipinski definition) is 1. The van der Waals surface area contributed by atoms with E-state index in [0.29, 0.717) is 45.5 Å². The fourth-order valence-corrected chi connectivity index (χ4v) is 2.77. The second-order valence-electron chi connectivity index (χ2n) is 4.41. The number of aromatic hydroxyl groups is 1. The molecule has 0 spiro atoms. The summed E-state index contributed by atoms with van der Waals surface area (Å²) in [4.78, 5) is 4.33. The molecule has 0 fully saturated rings. The van der Waals surface area contributed by atoms with Crippen molar-refractivity contribution in [1.29, 1.82) is 0 Å². The molecule has 0 aromatic heterocycles. The molecule has 1 aliphatic rings. The first-order chi connectivity index (χ1) is 10.1. The van der Waals surface area contributed by atoms with Gasteiger partial charge in [-0.1, -0.05) is 11.6 Å². The van der Waals surface area contributed by atoms with Gasteiger partial charge in [0.05, 0.1) is 10.2 Å². The zero-order valence-corrected chi connectivity index (χ0v) is 13.2. The van der Waals surface area contributed by atoms with E-state index in [1.54, 1.807) is 24.4 Å². The maximum Gasteiger partial charge on any atom is 0.163 e. The predicted octanol–water partition coefficient (Wildman–Crippen LogP) is 4.33. The number of phenolic OH excluding ortho intramolecular Hbond substituents is 1. The molecule has 0 aliphatic carbocycles. The highest BCUT2D eigenvalue weighted by Gasteiger charge is 2.11. The first-order valence-electron chi connectivity index (χ1n) is 6.25. The number of benzene rings is 2. The molecular formula is C15H11BrClNO3. The van der Waals surface area contributed by atoms with Gasteiger partial charge in [-0.25, -0.2) is 0 Å². The van der Waals surface area contributed by atoms with E-state index in [4.69, 9.17) is 21.1 Å². The summed E-state index contributed by atoms with van der Waals surface area (Å²) in [5, 5.41) is 10.5. The summed E-state index contributed by atoms with van der Waals surface area (Å²) in [5.74, 6) is 1.49. The molecule has 1 aliphatic heterocycles. The van der Waals surface area contributed by atoms with Crippen LogP contribution in [0.2, 0.25) is 5.02 Å². The summed E-state index contributed by atoms with van der Waals surface area (Å²) in [5.41, 5.74) is 1.24. The van der Waals surface area contributed by atoms with Crippen LogP contribution in [0.3, 0.4) is 0 Å². The van der Waals surface area contributed by atoms with Gasteiger partial charge in [-0.3, -0.25) is 4.99 Å². The van der Waals surface area contributed by atoms with Crippen molar-refractivity contribution in [3.63, 3.8) is 0 Å². The smallest absolute Gasteiger partial charge is 0.163 e. The van der Waals surface area contributed by atoms with E-state index in [2.05, 4.69) is 20.9 Å². The molecular weight excluding hydrogens is 358 g/mol. The number of nitrogens with zero attached hydrogens (tertiary/aromatic N) is 1.